The highest BCUT2D eigenvalue weighted by Crippen LogP contribution is 2.31. The molecule has 3 rings (SSSR count). The Hall–Kier alpha value is -2.51. The third-order valence-electron chi connectivity index (χ3n) is 5.56. The predicted molar refractivity (Wildman–Crippen MR) is 126 cm³/mol. The van der Waals surface area contributed by atoms with Gasteiger partial charge in [0, 0.05) is 24.7 Å². The number of rotatable bonds is 4. The highest BCUT2D eigenvalue weighted by Gasteiger charge is 2.32. The molecule has 1 fully saturated rings. The second-order valence-electron chi connectivity index (χ2n) is 9.35. The van der Waals surface area contributed by atoms with Crippen LogP contribution in [0.3, 0.4) is 0 Å². The Bertz CT molecular complexity index is 996. The van der Waals surface area contributed by atoms with E-state index in [1.807, 2.05) is 52.8 Å². The Morgan fingerprint density at radius 3 is 2.45 bits per heavy atom. The first-order chi connectivity index (χ1) is 14.4. The van der Waals surface area contributed by atoms with E-state index in [2.05, 4.69) is 11.9 Å². The Labute approximate surface area is 188 Å². The van der Waals surface area contributed by atoms with E-state index in [0.29, 0.717) is 53.5 Å². The molecule has 7 heteroatoms. The maximum atomic E-state index is 12.9. The van der Waals surface area contributed by atoms with Gasteiger partial charge in [-0.3, -0.25) is 9.59 Å². The summed E-state index contributed by atoms with van der Waals surface area (Å²) in [7, 11) is 0. The predicted octanol–water partition coefficient (Wildman–Crippen LogP) is 4.15. The van der Waals surface area contributed by atoms with E-state index in [1.54, 1.807) is 11.1 Å². The van der Waals surface area contributed by atoms with Crippen molar-refractivity contribution in [3.63, 3.8) is 0 Å². The molecule has 3 heterocycles. The summed E-state index contributed by atoms with van der Waals surface area (Å²) < 4.78 is 0. The first-order valence-corrected chi connectivity index (χ1v) is 11.3. The van der Waals surface area contributed by atoms with Gasteiger partial charge in [0.05, 0.1) is 38.0 Å². The largest absolute Gasteiger partial charge is 0.390 e. The highest BCUT2D eigenvalue weighted by atomic mass is 32.1. The van der Waals surface area contributed by atoms with Gasteiger partial charge in [-0.1, -0.05) is 33.4 Å². The van der Waals surface area contributed by atoms with Gasteiger partial charge in [-0.25, -0.2) is 4.99 Å². The zero-order chi connectivity index (χ0) is 23.0. The van der Waals surface area contributed by atoms with Crippen molar-refractivity contribution in [2.75, 3.05) is 13.1 Å². The van der Waals surface area contributed by atoms with E-state index in [-0.39, 0.29) is 11.7 Å². The average Bonchev–Trinajstić information content (AvgIpc) is 3.31. The zero-order valence-corrected chi connectivity index (χ0v) is 19.7. The summed E-state index contributed by atoms with van der Waals surface area (Å²) in [6, 6.07) is 3.70. The van der Waals surface area contributed by atoms with Crippen molar-refractivity contribution in [3.05, 3.63) is 52.0 Å². The molecule has 2 aliphatic rings. The van der Waals surface area contributed by atoms with Crippen LogP contribution in [-0.4, -0.2) is 46.1 Å². The van der Waals surface area contributed by atoms with Crippen LogP contribution in [0, 0.1) is 5.41 Å². The minimum absolute atomic E-state index is 0.00381. The van der Waals surface area contributed by atoms with Crippen LogP contribution in [0.4, 0.5) is 0 Å². The number of aliphatic hydroxyl groups is 1. The first-order valence-electron chi connectivity index (χ1n) is 10.5. The van der Waals surface area contributed by atoms with Gasteiger partial charge in [-0.2, -0.15) is 0 Å². The van der Waals surface area contributed by atoms with Gasteiger partial charge in [0.1, 0.15) is 0 Å². The molecule has 1 aromatic rings. The number of nitrogens with one attached hydrogen (secondary N) is 1. The Morgan fingerprint density at radius 2 is 1.87 bits per heavy atom. The summed E-state index contributed by atoms with van der Waals surface area (Å²) in [5, 5.41) is 13.1. The van der Waals surface area contributed by atoms with E-state index in [4.69, 9.17) is 4.99 Å². The summed E-state index contributed by atoms with van der Waals surface area (Å²) in [6.45, 7) is 14.4. The van der Waals surface area contributed by atoms with Crippen molar-refractivity contribution >= 4 is 34.4 Å². The van der Waals surface area contributed by atoms with Crippen molar-refractivity contribution in [2.45, 2.75) is 53.1 Å². The fourth-order valence-electron chi connectivity index (χ4n) is 3.48. The third-order valence-corrected chi connectivity index (χ3v) is 6.66. The molecule has 1 saturated heterocycles. The van der Waals surface area contributed by atoms with Crippen LogP contribution in [0.5, 0.6) is 0 Å². The average molecular weight is 442 g/mol. The molecule has 0 saturated carbocycles. The van der Waals surface area contributed by atoms with Crippen LogP contribution in [0.25, 0.3) is 5.70 Å². The quantitative estimate of drug-likeness (QED) is 0.735. The van der Waals surface area contributed by atoms with Gasteiger partial charge in [0.2, 0.25) is 0 Å². The fraction of sp³-hybridized carbons (Fsp3) is 0.458. The van der Waals surface area contributed by atoms with E-state index < -0.39 is 11.0 Å². The number of hydrogen-bond donors (Lipinski definition) is 2. The molecule has 0 bridgehead atoms. The summed E-state index contributed by atoms with van der Waals surface area (Å²) in [5.74, 6) is -0.0267. The maximum absolute atomic E-state index is 12.9. The summed E-state index contributed by atoms with van der Waals surface area (Å²) in [5.41, 5.74) is 1.10. The van der Waals surface area contributed by atoms with E-state index in [1.165, 1.54) is 11.3 Å². The molecule has 0 atom stereocenters. The van der Waals surface area contributed by atoms with Crippen LogP contribution in [0.15, 0.2) is 47.3 Å². The summed E-state index contributed by atoms with van der Waals surface area (Å²) in [6.07, 6.45) is 4.69. The number of carbonyl (C=O) groups excluding carboxylic acids is 2. The Kier molecular flexibility index (Phi) is 6.39. The van der Waals surface area contributed by atoms with Crippen LogP contribution in [0.2, 0.25) is 0 Å². The number of ketones is 1. The summed E-state index contributed by atoms with van der Waals surface area (Å²) in [4.78, 5) is 33.8. The molecule has 1 amide bonds. The molecule has 0 aliphatic carbocycles. The van der Waals surface area contributed by atoms with Crippen LogP contribution in [0.1, 0.15) is 62.0 Å². The molecule has 0 radical (unpaired) electrons. The molecule has 0 aromatic carbocycles. The van der Waals surface area contributed by atoms with Gasteiger partial charge in [-0.15, -0.1) is 11.3 Å². The lowest BCUT2D eigenvalue weighted by atomic mass is 9.85. The Balaban J connectivity index is 1.82. The number of aliphatic imine (C=N–C) groups is 1. The third kappa shape index (κ3) is 5.05. The second kappa shape index (κ2) is 8.55. The number of amides is 1. The van der Waals surface area contributed by atoms with Crippen molar-refractivity contribution in [1.82, 2.24) is 10.2 Å². The number of hydrogen-bond acceptors (Lipinski definition) is 6. The highest BCUT2D eigenvalue weighted by molar-refractivity contribution is 7.15. The zero-order valence-electron chi connectivity index (χ0n) is 18.9. The van der Waals surface area contributed by atoms with Gasteiger partial charge in [-0.05, 0) is 38.8 Å². The fourth-order valence-corrected chi connectivity index (χ4v) is 4.48. The monoisotopic (exact) mass is 441 g/mol. The SMILES string of the molecule is C=C1NC=C(C(=O)C(C)(C)C)/C1=N/C(=C\C)c1ccc(C(=O)N2CCC(C)(O)CC2)s1. The van der Waals surface area contributed by atoms with E-state index in [0.717, 1.165) is 4.88 Å². The van der Waals surface area contributed by atoms with Crippen LogP contribution < -0.4 is 5.32 Å². The van der Waals surface area contributed by atoms with Crippen LogP contribution >= 0.6 is 11.3 Å². The number of carbonyl (C=O) groups is 2. The van der Waals surface area contributed by atoms with Crippen molar-refractivity contribution < 1.29 is 14.7 Å². The van der Waals surface area contributed by atoms with Crippen LogP contribution in [-0.2, 0) is 4.79 Å². The molecule has 31 heavy (non-hydrogen) atoms. The number of thiophene rings is 1. The smallest absolute Gasteiger partial charge is 0.263 e. The lowest BCUT2D eigenvalue weighted by Crippen LogP contribution is -2.44. The molecule has 2 N–H and O–H groups in total. The number of Topliss-reactive ketones (excluding diaryl/α,β-unsaturated/α-hetero) is 1. The molecule has 2 aliphatic heterocycles. The first kappa shape index (κ1) is 23.2. The molecular formula is C24H31N3O3S. The van der Waals surface area contributed by atoms with Crippen molar-refractivity contribution in [1.29, 1.82) is 0 Å². The van der Waals surface area contributed by atoms with E-state index in [9.17, 15) is 14.7 Å². The minimum atomic E-state index is -0.695. The van der Waals surface area contributed by atoms with Gasteiger partial charge < -0.3 is 15.3 Å². The molecule has 6 nitrogen and oxygen atoms in total. The topological polar surface area (TPSA) is 82.0 Å². The van der Waals surface area contributed by atoms with Gasteiger partial charge in [0.25, 0.3) is 5.91 Å². The number of allylic oxidation sites excluding steroid dienone is 2. The van der Waals surface area contributed by atoms with E-state index >= 15 is 0 Å². The lowest BCUT2D eigenvalue weighted by Gasteiger charge is -2.35. The second-order valence-corrected chi connectivity index (χ2v) is 10.4. The standard InChI is InChI=1S/C24H31N3O3S/c1-7-17(26-20-15(2)25-14-16(20)21(28)23(3,4)5)18-8-9-19(31-18)22(29)27-12-10-24(6,30)11-13-27/h7-9,14,25,30H,2,10-13H2,1,3-6H3/b17-7-,26-20+. The molecular weight excluding hydrogens is 410 g/mol. The number of nitrogens with zero attached hydrogens (tertiary/aromatic N) is 2. The molecule has 0 unspecified atom stereocenters. The number of piperidine rings is 1. The van der Waals surface area contributed by atoms with Crippen molar-refractivity contribution in [2.24, 2.45) is 10.4 Å². The molecule has 166 valence electrons. The molecule has 0 spiro atoms. The Morgan fingerprint density at radius 1 is 1.26 bits per heavy atom. The molecule has 1 aromatic heterocycles. The number of likely N-dealkylation sites (tertiary alicyclic amines) is 1. The minimum Gasteiger partial charge on any atom is -0.390 e. The lowest BCUT2D eigenvalue weighted by molar-refractivity contribution is -0.121. The summed E-state index contributed by atoms with van der Waals surface area (Å²) >= 11 is 1.38. The van der Waals surface area contributed by atoms with Gasteiger partial charge in [0.15, 0.2) is 5.78 Å². The normalized spacial score (nSPS) is 20.6. The van der Waals surface area contributed by atoms with Gasteiger partial charge >= 0.3 is 0 Å². The maximum Gasteiger partial charge on any atom is 0.263 e. The van der Waals surface area contributed by atoms with Crippen molar-refractivity contribution in [3.8, 4) is 0 Å².